The van der Waals surface area contributed by atoms with Gasteiger partial charge in [-0.05, 0) is 44.0 Å². The molecule has 4 rings (SSSR count). The van der Waals surface area contributed by atoms with E-state index in [0.717, 1.165) is 21.8 Å². The van der Waals surface area contributed by atoms with Crippen LogP contribution in [0.4, 0.5) is 9.80 Å². The maximum atomic E-state index is 13.2. The zero-order chi connectivity index (χ0) is 24.5. The molecule has 0 spiro atoms. The second-order valence-electron chi connectivity index (χ2n) is 7.86. The number of furan rings is 1. The van der Waals surface area contributed by atoms with Crippen LogP contribution in [0.2, 0.25) is 0 Å². The van der Waals surface area contributed by atoms with Crippen molar-refractivity contribution < 1.29 is 28.3 Å². The SMILES string of the molecule is CCOC(=O)c1c(-c2ccco2)csc1NC(=O)CN1C(=O)NC(C)(c2ccccc2C)C1=O. The smallest absolute Gasteiger partial charge is 0.341 e. The normalized spacial score (nSPS) is 17.6. The lowest BCUT2D eigenvalue weighted by molar-refractivity contribution is -0.133. The molecule has 1 saturated heterocycles. The van der Waals surface area contributed by atoms with Crippen LogP contribution in [0.15, 0.2) is 52.5 Å². The van der Waals surface area contributed by atoms with Crippen LogP contribution in [-0.2, 0) is 19.9 Å². The van der Waals surface area contributed by atoms with Crippen LogP contribution in [0, 0.1) is 6.92 Å². The molecule has 1 aliphatic rings. The summed E-state index contributed by atoms with van der Waals surface area (Å²) in [7, 11) is 0. The van der Waals surface area contributed by atoms with Crippen molar-refractivity contribution in [1.82, 2.24) is 10.2 Å². The Hall–Kier alpha value is -3.92. The fraction of sp³-hybridized carbons (Fsp3) is 0.250. The number of anilines is 1. The van der Waals surface area contributed by atoms with E-state index in [9.17, 15) is 19.2 Å². The highest BCUT2D eigenvalue weighted by atomic mass is 32.1. The third-order valence-corrected chi connectivity index (χ3v) is 6.47. The van der Waals surface area contributed by atoms with Crippen molar-refractivity contribution in [2.24, 2.45) is 0 Å². The van der Waals surface area contributed by atoms with Gasteiger partial charge in [-0.1, -0.05) is 24.3 Å². The highest BCUT2D eigenvalue weighted by Gasteiger charge is 2.50. The number of thiophene rings is 1. The third-order valence-electron chi connectivity index (χ3n) is 5.57. The molecule has 176 valence electrons. The molecular formula is C24H23N3O6S. The first kappa shape index (κ1) is 23.2. The van der Waals surface area contributed by atoms with E-state index in [1.54, 1.807) is 43.5 Å². The fourth-order valence-corrected chi connectivity index (χ4v) is 4.89. The number of amides is 4. The van der Waals surface area contributed by atoms with Crippen LogP contribution < -0.4 is 10.6 Å². The number of imide groups is 1. The fourth-order valence-electron chi connectivity index (χ4n) is 3.94. The Morgan fingerprint density at radius 2 is 1.97 bits per heavy atom. The molecule has 0 saturated carbocycles. The van der Waals surface area contributed by atoms with Gasteiger partial charge in [0.15, 0.2) is 0 Å². The van der Waals surface area contributed by atoms with Crippen LogP contribution in [0.5, 0.6) is 0 Å². The summed E-state index contributed by atoms with van der Waals surface area (Å²) in [4.78, 5) is 52.1. The van der Waals surface area contributed by atoms with E-state index in [1.807, 2.05) is 19.1 Å². The number of carbonyl (C=O) groups is 4. The lowest BCUT2D eigenvalue weighted by atomic mass is 9.88. The van der Waals surface area contributed by atoms with Gasteiger partial charge in [-0.3, -0.25) is 14.5 Å². The Bertz CT molecular complexity index is 1270. The van der Waals surface area contributed by atoms with Gasteiger partial charge in [0.1, 0.15) is 28.4 Å². The summed E-state index contributed by atoms with van der Waals surface area (Å²) >= 11 is 1.12. The predicted octanol–water partition coefficient (Wildman–Crippen LogP) is 3.90. The van der Waals surface area contributed by atoms with Gasteiger partial charge in [-0.2, -0.15) is 0 Å². The highest BCUT2D eigenvalue weighted by Crippen LogP contribution is 2.37. The van der Waals surface area contributed by atoms with E-state index in [2.05, 4.69) is 10.6 Å². The van der Waals surface area contributed by atoms with Crippen LogP contribution in [-0.4, -0.2) is 41.9 Å². The predicted molar refractivity (Wildman–Crippen MR) is 125 cm³/mol. The molecule has 1 aromatic carbocycles. The summed E-state index contributed by atoms with van der Waals surface area (Å²) < 4.78 is 10.5. The molecule has 4 amide bonds. The molecule has 0 bridgehead atoms. The quantitative estimate of drug-likeness (QED) is 0.390. The summed E-state index contributed by atoms with van der Waals surface area (Å²) in [6.45, 7) is 4.78. The van der Waals surface area contributed by atoms with Gasteiger partial charge in [0, 0.05) is 10.9 Å². The zero-order valence-electron chi connectivity index (χ0n) is 18.8. The van der Waals surface area contributed by atoms with Crippen molar-refractivity contribution in [3.63, 3.8) is 0 Å². The lowest BCUT2D eigenvalue weighted by Gasteiger charge is -2.24. The number of hydrogen-bond donors (Lipinski definition) is 2. The Kier molecular flexibility index (Phi) is 6.25. The minimum absolute atomic E-state index is 0.150. The molecule has 1 fully saturated rings. The average molecular weight is 482 g/mol. The minimum Gasteiger partial charge on any atom is -0.464 e. The molecule has 1 unspecified atom stereocenters. The number of nitrogens with one attached hydrogen (secondary N) is 2. The minimum atomic E-state index is -1.28. The van der Waals surface area contributed by atoms with Gasteiger partial charge in [-0.15, -0.1) is 11.3 Å². The first-order chi connectivity index (χ1) is 16.3. The number of urea groups is 1. The summed E-state index contributed by atoms with van der Waals surface area (Å²) in [6.07, 6.45) is 1.48. The van der Waals surface area contributed by atoms with Gasteiger partial charge < -0.3 is 19.8 Å². The number of benzene rings is 1. The monoisotopic (exact) mass is 481 g/mol. The molecule has 0 radical (unpaired) electrons. The van der Waals surface area contributed by atoms with Gasteiger partial charge in [0.2, 0.25) is 5.91 Å². The van der Waals surface area contributed by atoms with E-state index in [0.29, 0.717) is 16.9 Å². The first-order valence-corrected chi connectivity index (χ1v) is 11.5. The van der Waals surface area contributed by atoms with Crippen LogP contribution in [0.1, 0.15) is 35.3 Å². The van der Waals surface area contributed by atoms with Crippen molar-refractivity contribution in [1.29, 1.82) is 0 Å². The number of rotatable bonds is 7. The number of nitrogens with zero attached hydrogens (tertiary/aromatic N) is 1. The van der Waals surface area contributed by atoms with Gasteiger partial charge in [-0.25, -0.2) is 9.59 Å². The molecule has 3 aromatic rings. The van der Waals surface area contributed by atoms with E-state index in [-0.39, 0.29) is 17.2 Å². The van der Waals surface area contributed by atoms with Crippen molar-refractivity contribution >= 4 is 40.2 Å². The average Bonchev–Trinajstić information content (AvgIpc) is 3.51. The largest absolute Gasteiger partial charge is 0.464 e. The highest BCUT2D eigenvalue weighted by molar-refractivity contribution is 7.15. The Morgan fingerprint density at radius 3 is 2.65 bits per heavy atom. The van der Waals surface area contributed by atoms with Gasteiger partial charge >= 0.3 is 12.0 Å². The van der Waals surface area contributed by atoms with Crippen molar-refractivity contribution in [3.8, 4) is 11.3 Å². The second kappa shape index (κ2) is 9.14. The molecule has 34 heavy (non-hydrogen) atoms. The first-order valence-electron chi connectivity index (χ1n) is 10.6. The van der Waals surface area contributed by atoms with E-state index in [1.165, 1.54) is 6.26 Å². The molecule has 0 aliphatic carbocycles. The summed E-state index contributed by atoms with van der Waals surface area (Å²) in [5.41, 5.74) is 0.840. The Balaban J connectivity index is 1.55. The summed E-state index contributed by atoms with van der Waals surface area (Å²) in [6, 6.07) is 9.95. The molecule has 3 heterocycles. The van der Waals surface area contributed by atoms with Crippen molar-refractivity contribution in [3.05, 3.63) is 64.7 Å². The Labute approximate surface area is 199 Å². The molecule has 9 nitrogen and oxygen atoms in total. The Morgan fingerprint density at radius 1 is 1.21 bits per heavy atom. The van der Waals surface area contributed by atoms with E-state index < -0.39 is 35.9 Å². The maximum Gasteiger partial charge on any atom is 0.341 e. The van der Waals surface area contributed by atoms with Crippen molar-refractivity contribution in [2.45, 2.75) is 26.3 Å². The number of ether oxygens (including phenoxy) is 1. The van der Waals surface area contributed by atoms with Crippen molar-refractivity contribution in [2.75, 3.05) is 18.5 Å². The molecule has 2 aromatic heterocycles. The van der Waals surface area contributed by atoms with Gasteiger partial charge in [0.25, 0.3) is 5.91 Å². The molecule has 10 heteroatoms. The zero-order valence-corrected chi connectivity index (χ0v) is 19.7. The topological polar surface area (TPSA) is 118 Å². The maximum absolute atomic E-state index is 13.2. The second-order valence-corrected chi connectivity index (χ2v) is 8.74. The summed E-state index contributed by atoms with van der Waals surface area (Å²) in [5, 5.41) is 7.25. The van der Waals surface area contributed by atoms with Crippen LogP contribution >= 0.6 is 11.3 Å². The number of aryl methyl sites for hydroxylation is 1. The third kappa shape index (κ3) is 4.08. The molecule has 1 aliphatic heterocycles. The van der Waals surface area contributed by atoms with Gasteiger partial charge in [0.05, 0.1) is 12.9 Å². The standard InChI is InChI=1S/C24H23N3O6S/c1-4-32-21(29)19-15(17-10-7-11-33-17)13-34-20(19)25-18(28)12-27-22(30)24(3,26-23(27)31)16-9-6-5-8-14(16)2/h5-11,13H,4,12H2,1-3H3,(H,25,28)(H,26,31). The van der Waals surface area contributed by atoms with Crippen LogP contribution in [0.3, 0.4) is 0 Å². The number of hydrogen-bond acceptors (Lipinski definition) is 7. The summed E-state index contributed by atoms with van der Waals surface area (Å²) in [5.74, 6) is -1.33. The molecule has 2 N–H and O–H groups in total. The number of esters is 1. The number of carbonyl (C=O) groups excluding carboxylic acids is 4. The molecular weight excluding hydrogens is 458 g/mol. The van der Waals surface area contributed by atoms with Crippen LogP contribution in [0.25, 0.3) is 11.3 Å². The van der Waals surface area contributed by atoms with E-state index in [4.69, 9.17) is 9.15 Å². The molecule has 1 atom stereocenters. The van der Waals surface area contributed by atoms with E-state index >= 15 is 0 Å². The lowest BCUT2D eigenvalue weighted by Crippen LogP contribution is -2.42.